The molecule has 1 saturated heterocycles. The van der Waals surface area contributed by atoms with Crippen molar-refractivity contribution < 1.29 is 4.79 Å². The molecule has 1 aliphatic rings. The third-order valence-corrected chi connectivity index (χ3v) is 2.87. The number of carbonyl (C=O) groups excluding carboxylic acids is 1. The van der Waals surface area contributed by atoms with Gasteiger partial charge in [0, 0.05) is 24.5 Å². The van der Waals surface area contributed by atoms with Crippen molar-refractivity contribution in [1.29, 1.82) is 0 Å². The molecule has 0 aromatic carbocycles. The van der Waals surface area contributed by atoms with Gasteiger partial charge in [-0.1, -0.05) is 6.92 Å². The Kier molecular flexibility index (Phi) is 3.94. The van der Waals surface area contributed by atoms with Crippen molar-refractivity contribution in [3.63, 3.8) is 0 Å². The molecule has 0 bridgehead atoms. The third kappa shape index (κ3) is 2.83. The molecule has 2 nitrogen and oxygen atoms in total. The predicted octanol–water partition coefficient (Wildman–Crippen LogP) is 1.06. The van der Waals surface area contributed by atoms with E-state index in [9.17, 15) is 4.79 Å². The van der Waals surface area contributed by atoms with Crippen LogP contribution in [0.15, 0.2) is 0 Å². The predicted molar refractivity (Wildman–Crippen MR) is 49.0 cm³/mol. The zero-order valence-electron chi connectivity index (χ0n) is 6.93. The van der Waals surface area contributed by atoms with Crippen LogP contribution in [-0.2, 0) is 4.79 Å². The van der Waals surface area contributed by atoms with Crippen LogP contribution < -0.4 is 5.32 Å². The summed E-state index contributed by atoms with van der Waals surface area (Å²) in [4.78, 5) is 11.3. The molecule has 1 N–H and O–H groups in total. The Labute approximate surface area is 72.1 Å². The summed E-state index contributed by atoms with van der Waals surface area (Å²) in [7, 11) is 0. The van der Waals surface area contributed by atoms with Crippen molar-refractivity contribution in [3.05, 3.63) is 0 Å². The van der Waals surface area contributed by atoms with E-state index >= 15 is 0 Å². The molecule has 0 amide bonds. The molecule has 0 aromatic rings. The van der Waals surface area contributed by atoms with Gasteiger partial charge in [0.1, 0.15) is 0 Å². The average molecular weight is 173 g/mol. The zero-order valence-corrected chi connectivity index (χ0v) is 7.75. The Bertz CT molecular complexity index is 132. The number of nitrogens with one attached hydrogen (secondary N) is 1. The van der Waals surface area contributed by atoms with Gasteiger partial charge in [-0.2, -0.15) is 11.8 Å². The van der Waals surface area contributed by atoms with E-state index < -0.39 is 0 Å². The summed E-state index contributed by atoms with van der Waals surface area (Å²) < 4.78 is 0. The zero-order chi connectivity index (χ0) is 8.10. The lowest BCUT2D eigenvalue weighted by atomic mass is 10.1. The van der Waals surface area contributed by atoms with E-state index in [4.69, 9.17) is 0 Å². The Morgan fingerprint density at radius 1 is 1.73 bits per heavy atom. The lowest BCUT2D eigenvalue weighted by Gasteiger charge is -2.21. The van der Waals surface area contributed by atoms with Crippen LogP contribution in [0.25, 0.3) is 0 Å². The Hall–Kier alpha value is -0.0200. The summed E-state index contributed by atoms with van der Waals surface area (Å²) in [6, 6.07) is 0.147. The van der Waals surface area contributed by atoms with E-state index in [0.717, 1.165) is 30.9 Å². The van der Waals surface area contributed by atoms with Crippen molar-refractivity contribution in [2.24, 2.45) is 0 Å². The fourth-order valence-corrected chi connectivity index (χ4v) is 2.16. The van der Waals surface area contributed by atoms with E-state index in [2.05, 4.69) is 5.32 Å². The highest BCUT2D eigenvalue weighted by Gasteiger charge is 2.19. The van der Waals surface area contributed by atoms with E-state index in [1.807, 2.05) is 18.7 Å². The summed E-state index contributed by atoms with van der Waals surface area (Å²) in [5, 5.41) is 3.23. The van der Waals surface area contributed by atoms with Gasteiger partial charge >= 0.3 is 0 Å². The molecule has 11 heavy (non-hydrogen) atoms. The largest absolute Gasteiger partial charge is 0.306 e. The van der Waals surface area contributed by atoms with Gasteiger partial charge < -0.3 is 5.32 Å². The first-order valence-corrected chi connectivity index (χ1v) is 5.34. The van der Waals surface area contributed by atoms with Gasteiger partial charge in [0.15, 0.2) is 5.78 Å². The van der Waals surface area contributed by atoms with E-state index in [0.29, 0.717) is 5.78 Å². The van der Waals surface area contributed by atoms with Gasteiger partial charge in [0.2, 0.25) is 0 Å². The smallest absolute Gasteiger partial charge is 0.150 e. The quantitative estimate of drug-likeness (QED) is 0.692. The molecule has 0 saturated carbocycles. The molecule has 0 aliphatic carbocycles. The molecule has 0 aromatic heterocycles. The average Bonchev–Trinajstić information content (AvgIpc) is 2.07. The van der Waals surface area contributed by atoms with Crippen molar-refractivity contribution in [1.82, 2.24) is 5.32 Å². The first kappa shape index (κ1) is 9.07. The summed E-state index contributed by atoms with van der Waals surface area (Å²) >= 11 is 1.87. The van der Waals surface area contributed by atoms with E-state index in [1.54, 1.807) is 0 Å². The molecule has 0 radical (unpaired) electrons. The Balaban J connectivity index is 2.27. The molecule has 1 atom stereocenters. The third-order valence-electron chi connectivity index (χ3n) is 1.81. The van der Waals surface area contributed by atoms with Gasteiger partial charge in [0.25, 0.3) is 0 Å². The number of Topliss-reactive ketones (excluding diaryl/α,β-unsaturated/α-hetero) is 1. The normalized spacial score (nSPS) is 25.0. The fourth-order valence-electron chi connectivity index (χ4n) is 1.19. The minimum absolute atomic E-state index is 0.147. The highest BCUT2D eigenvalue weighted by atomic mass is 32.2. The number of thioether (sulfide) groups is 1. The van der Waals surface area contributed by atoms with Gasteiger partial charge in [-0.3, -0.25) is 4.79 Å². The van der Waals surface area contributed by atoms with Gasteiger partial charge in [0.05, 0.1) is 6.04 Å². The van der Waals surface area contributed by atoms with Crippen molar-refractivity contribution in [2.75, 3.05) is 18.1 Å². The maximum atomic E-state index is 11.3. The lowest BCUT2D eigenvalue weighted by Crippen LogP contribution is -2.43. The minimum Gasteiger partial charge on any atom is -0.306 e. The van der Waals surface area contributed by atoms with Gasteiger partial charge in [-0.15, -0.1) is 0 Å². The fraction of sp³-hybridized carbons (Fsp3) is 0.875. The Morgan fingerprint density at radius 3 is 3.09 bits per heavy atom. The number of hydrogen-bond donors (Lipinski definition) is 1. The number of ketones is 1. The van der Waals surface area contributed by atoms with Crippen LogP contribution in [0.2, 0.25) is 0 Å². The first-order chi connectivity index (χ1) is 5.34. The summed E-state index contributed by atoms with van der Waals surface area (Å²) in [5.74, 6) is 2.51. The van der Waals surface area contributed by atoms with Crippen LogP contribution in [-0.4, -0.2) is 29.9 Å². The van der Waals surface area contributed by atoms with Gasteiger partial charge in [-0.05, 0) is 6.42 Å². The van der Waals surface area contributed by atoms with Gasteiger partial charge in [-0.25, -0.2) is 0 Å². The molecule has 1 aliphatic heterocycles. The molecule has 0 spiro atoms. The van der Waals surface area contributed by atoms with Crippen LogP contribution in [0.4, 0.5) is 0 Å². The first-order valence-electron chi connectivity index (χ1n) is 4.18. The number of carbonyl (C=O) groups is 1. The second kappa shape index (κ2) is 4.78. The summed E-state index contributed by atoms with van der Waals surface area (Å²) in [6.45, 7) is 3.04. The maximum Gasteiger partial charge on any atom is 0.150 e. The summed E-state index contributed by atoms with van der Waals surface area (Å²) in [6.07, 6.45) is 1.71. The maximum absolute atomic E-state index is 11.3. The van der Waals surface area contributed by atoms with Crippen molar-refractivity contribution in [3.8, 4) is 0 Å². The molecular formula is C8H15NOS. The molecule has 64 valence electrons. The number of rotatable bonds is 3. The highest BCUT2D eigenvalue weighted by molar-refractivity contribution is 7.99. The molecule has 1 fully saturated rings. The molecule has 1 unspecified atom stereocenters. The topological polar surface area (TPSA) is 29.1 Å². The molecule has 1 rings (SSSR count). The SMILES string of the molecule is CCCC(=O)C1CSCCN1. The molecule has 3 heteroatoms. The van der Waals surface area contributed by atoms with Crippen LogP contribution in [0.1, 0.15) is 19.8 Å². The molecular weight excluding hydrogens is 158 g/mol. The van der Waals surface area contributed by atoms with Crippen LogP contribution in [0.3, 0.4) is 0 Å². The summed E-state index contributed by atoms with van der Waals surface area (Å²) in [5.41, 5.74) is 0. The van der Waals surface area contributed by atoms with Crippen LogP contribution in [0.5, 0.6) is 0 Å². The van der Waals surface area contributed by atoms with E-state index in [1.165, 1.54) is 0 Å². The second-order valence-electron chi connectivity index (χ2n) is 2.80. The standard InChI is InChI=1S/C8H15NOS/c1-2-3-8(10)7-6-11-5-4-9-7/h7,9H,2-6H2,1H3. The van der Waals surface area contributed by atoms with Crippen molar-refractivity contribution >= 4 is 17.5 Å². The highest BCUT2D eigenvalue weighted by Crippen LogP contribution is 2.09. The Morgan fingerprint density at radius 2 is 2.55 bits per heavy atom. The second-order valence-corrected chi connectivity index (χ2v) is 3.95. The molecule has 1 heterocycles. The van der Waals surface area contributed by atoms with Crippen molar-refractivity contribution in [2.45, 2.75) is 25.8 Å². The lowest BCUT2D eigenvalue weighted by molar-refractivity contribution is -0.120. The van der Waals surface area contributed by atoms with Crippen LogP contribution >= 0.6 is 11.8 Å². The monoisotopic (exact) mass is 173 g/mol. The van der Waals surface area contributed by atoms with Crippen LogP contribution in [0, 0.1) is 0 Å². The minimum atomic E-state index is 0.147. The number of hydrogen-bond acceptors (Lipinski definition) is 3. The van der Waals surface area contributed by atoms with E-state index in [-0.39, 0.29) is 6.04 Å².